The summed E-state index contributed by atoms with van der Waals surface area (Å²) in [5.74, 6) is 0.447. The second-order valence-electron chi connectivity index (χ2n) is 5.36. The first kappa shape index (κ1) is 17.7. The van der Waals surface area contributed by atoms with Crippen molar-refractivity contribution >= 4 is 5.97 Å². The molecular formula is C17H28O2. The summed E-state index contributed by atoms with van der Waals surface area (Å²) in [4.78, 5) is 11.0. The molecule has 1 unspecified atom stereocenters. The zero-order valence-electron chi connectivity index (χ0n) is 13.0. The van der Waals surface area contributed by atoms with E-state index in [0.29, 0.717) is 0 Å². The fourth-order valence-corrected chi connectivity index (χ4v) is 1.74. The summed E-state index contributed by atoms with van der Waals surface area (Å²) >= 11 is 0. The minimum Gasteiger partial charge on any atom is -0.466 e. The molecule has 0 amide bonds. The van der Waals surface area contributed by atoms with Crippen LogP contribution < -0.4 is 0 Å². The van der Waals surface area contributed by atoms with Gasteiger partial charge < -0.3 is 4.74 Å². The second-order valence-corrected chi connectivity index (χ2v) is 5.36. The van der Waals surface area contributed by atoms with Gasteiger partial charge in [-0.15, -0.1) is 0 Å². The van der Waals surface area contributed by atoms with Crippen LogP contribution in [-0.4, -0.2) is 13.1 Å². The van der Waals surface area contributed by atoms with Crippen LogP contribution in [0.5, 0.6) is 0 Å². The molecule has 2 heteroatoms. The van der Waals surface area contributed by atoms with E-state index in [0.717, 1.165) is 17.9 Å². The Morgan fingerprint density at radius 3 is 2.37 bits per heavy atom. The number of allylic oxidation sites excluding steroid dienone is 5. The molecular weight excluding hydrogens is 236 g/mol. The highest BCUT2D eigenvalue weighted by molar-refractivity contribution is 5.83. The Hall–Kier alpha value is -1.31. The maximum absolute atomic E-state index is 11.0. The van der Waals surface area contributed by atoms with Crippen LogP contribution in [0.25, 0.3) is 0 Å². The van der Waals surface area contributed by atoms with E-state index in [1.54, 1.807) is 0 Å². The summed E-state index contributed by atoms with van der Waals surface area (Å²) in [6.07, 6.45) is 12.6. The Balaban J connectivity index is 3.86. The fraction of sp³-hybridized carbons (Fsp3) is 0.588. The van der Waals surface area contributed by atoms with Gasteiger partial charge in [0, 0.05) is 6.08 Å². The standard InChI is InChI=1S/C17H28O2/c1-14(2)9-8-12-15(3)10-6-7-11-16(4)13-17(18)19-5/h7,9,11,13,15H,6,8,10,12H2,1-5H3. The molecule has 0 rings (SSSR count). The molecule has 0 aliphatic carbocycles. The van der Waals surface area contributed by atoms with E-state index in [2.05, 4.69) is 37.7 Å². The van der Waals surface area contributed by atoms with Crippen molar-refractivity contribution in [2.45, 2.75) is 53.4 Å². The number of ether oxygens (including phenoxy) is 1. The van der Waals surface area contributed by atoms with Crippen LogP contribution >= 0.6 is 0 Å². The summed E-state index contributed by atoms with van der Waals surface area (Å²) in [6.45, 7) is 8.49. The first-order valence-electron chi connectivity index (χ1n) is 7.01. The molecule has 108 valence electrons. The van der Waals surface area contributed by atoms with Gasteiger partial charge in [-0.25, -0.2) is 4.79 Å². The number of rotatable bonds is 8. The first-order chi connectivity index (χ1) is 8.95. The minimum absolute atomic E-state index is 0.294. The van der Waals surface area contributed by atoms with Gasteiger partial charge in [0.2, 0.25) is 0 Å². The van der Waals surface area contributed by atoms with Crippen LogP contribution in [0, 0.1) is 5.92 Å². The minimum atomic E-state index is -0.294. The van der Waals surface area contributed by atoms with Crippen LogP contribution in [0.4, 0.5) is 0 Å². The third-order valence-electron chi connectivity index (χ3n) is 2.97. The molecule has 0 aliphatic heterocycles. The van der Waals surface area contributed by atoms with Crippen molar-refractivity contribution in [1.82, 2.24) is 0 Å². The molecule has 0 spiro atoms. The van der Waals surface area contributed by atoms with Gasteiger partial charge in [-0.2, -0.15) is 0 Å². The molecule has 0 aromatic heterocycles. The lowest BCUT2D eigenvalue weighted by Gasteiger charge is -2.07. The van der Waals surface area contributed by atoms with Gasteiger partial charge in [-0.3, -0.25) is 0 Å². The van der Waals surface area contributed by atoms with E-state index in [-0.39, 0.29) is 5.97 Å². The van der Waals surface area contributed by atoms with Gasteiger partial charge >= 0.3 is 5.97 Å². The lowest BCUT2D eigenvalue weighted by Crippen LogP contribution is -1.95. The van der Waals surface area contributed by atoms with Crippen molar-refractivity contribution in [3.63, 3.8) is 0 Å². The van der Waals surface area contributed by atoms with Crippen LogP contribution in [0.3, 0.4) is 0 Å². The van der Waals surface area contributed by atoms with Gasteiger partial charge in [0.15, 0.2) is 0 Å². The van der Waals surface area contributed by atoms with E-state index in [1.165, 1.54) is 38.0 Å². The van der Waals surface area contributed by atoms with Gasteiger partial charge in [0.25, 0.3) is 0 Å². The molecule has 0 fully saturated rings. The molecule has 0 saturated carbocycles. The van der Waals surface area contributed by atoms with Crippen molar-refractivity contribution in [1.29, 1.82) is 0 Å². The van der Waals surface area contributed by atoms with Crippen LogP contribution in [0.15, 0.2) is 35.5 Å². The molecule has 0 heterocycles. The number of carbonyl (C=O) groups excluding carboxylic acids is 1. The molecule has 0 aliphatic rings. The Morgan fingerprint density at radius 2 is 1.79 bits per heavy atom. The van der Waals surface area contributed by atoms with Crippen LogP contribution in [0.1, 0.15) is 53.4 Å². The van der Waals surface area contributed by atoms with Gasteiger partial charge in [-0.1, -0.05) is 30.7 Å². The van der Waals surface area contributed by atoms with Crippen LogP contribution in [0.2, 0.25) is 0 Å². The normalized spacial score (nSPS) is 13.4. The number of methoxy groups -OCH3 is 1. The predicted octanol–water partition coefficient (Wildman–Crippen LogP) is 4.82. The highest BCUT2D eigenvalue weighted by Crippen LogP contribution is 2.14. The van der Waals surface area contributed by atoms with E-state index >= 15 is 0 Å². The van der Waals surface area contributed by atoms with Crippen molar-refractivity contribution in [3.05, 3.63) is 35.5 Å². The molecule has 1 atom stereocenters. The maximum atomic E-state index is 11.0. The molecule has 0 bridgehead atoms. The van der Waals surface area contributed by atoms with Crippen LogP contribution in [-0.2, 0) is 9.53 Å². The Kier molecular flexibility index (Phi) is 9.87. The highest BCUT2D eigenvalue weighted by Gasteiger charge is 1.99. The molecule has 0 aromatic rings. The van der Waals surface area contributed by atoms with Gasteiger partial charge in [0.05, 0.1) is 7.11 Å². The molecule has 0 radical (unpaired) electrons. The average Bonchev–Trinajstić information content (AvgIpc) is 2.34. The summed E-state index contributed by atoms with van der Waals surface area (Å²) in [6, 6.07) is 0. The van der Waals surface area contributed by atoms with E-state index in [4.69, 9.17) is 0 Å². The molecule has 19 heavy (non-hydrogen) atoms. The summed E-state index contributed by atoms with van der Waals surface area (Å²) in [5.41, 5.74) is 2.33. The smallest absolute Gasteiger partial charge is 0.330 e. The van der Waals surface area contributed by atoms with Gasteiger partial charge in [-0.05, 0) is 57.9 Å². The Labute approximate surface area is 118 Å². The third-order valence-corrected chi connectivity index (χ3v) is 2.97. The SMILES string of the molecule is COC(=O)C=C(C)C=CCCC(C)CCC=C(C)C. The molecule has 0 aromatic carbocycles. The number of hydrogen-bond acceptors (Lipinski definition) is 2. The lowest BCUT2D eigenvalue weighted by atomic mass is 9.99. The van der Waals surface area contributed by atoms with Crippen molar-refractivity contribution in [2.24, 2.45) is 5.92 Å². The number of hydrogen-bond donors (Lipinski definition) is 0. The average molecular weight is 264 g/mol. The zero-order chi connectivity index (χ0) is 14.7. The monoisotopic (exact) mass is 264 g/mol. The topological polar surface area (TPSA) is 26.3 Å². The number of carbonyl (C=O) groups is 1. The first-order valence-corrected chi connectivity index (χ1v) is 7.01. The van der Waals surface area contributed by atoms with E-state index in [1.807, 2.05) is 13.0 Å². The van der Waals surface area contributed by atoms with Crippen molar-refractivity contribution in [2.75, 3.05) is 7.11 Å². The fourth-order valence-electron chi connectivity index (χ4n) is 1.74. The quantitative estimate of drug-likeness (QED) is 0.272. The molecule has 0 N–H and O–H groups in total. The maximum Gasteiger partial charge on any atom is 0.330 e. The van der Waals surface area contributed by atoms with E-state index in [9.17, 15) is 4.79 Å². The second kappa shape index (κ2) is 10.6. The third kappa shape index (κ3) is 11.5. The van der Waals surface area contributed by atoms with Crippen molar-refractivity contribution < 1.29 is 9.53 Å². The number of esters is 1. The summed E-state index contributed by atoms with van der Waals surface area (Å²) in [7, 11) is 1.39. The molecule has 2 nitrogen and oxygen atoms in total. The zero-order valence-corrected chi connectivity index (χ0v) is 13.0. The predicted molar refractivity (Wildman–Crippen MR) is 82.0 cm³/mol. The van der Waals surface area contributed by atoms with Crippen molar-refractivity contribution in [3.8, 4) is 0 Å². The van der Waals surface area contributed by atoms with E-state index < -0.39 is 0 Å². The summed E-state index contributed by atoms with van der Waals surface area (Å²) < 4.78 is 4.57. The highest BCUT2D eigenvalue weighted by atomic mass is 16.5. The summed E-state index contributed by atoms with van der Waals surface area (Å²) in [5, 5.41) is 0. The Morgan fingerprint density at radius 1 is 1.16 bits per heavy atom. The Bertz CT molecular complexity index is 344. The van der Waals surface area contributed by atoms with Gasteiger partial charge in [0.1, 0.15) is 0 Å². The largest absolute Gasteiger partial charge is 0.466 e. The molecule has 0 saturated heterocycles. The lowest BCUT2D eigenvalue weighted by molar-refractivity contribution is -0.134.